The second-order valence-corrected chi connectivity index (χ2v) is 9.37. The fraction of sp³-hybridized carbons (Fsp3) is 0.650. The molecular formula is C20H33N3O3S. The van der Waals surface area contributed by atoms with Crippen LogP contribution in [0.1, 0.15) is 52.0 Å². The number of rotatable bonds is 8. The van der Waals surface area contributed by atoms with Gasteiger partial charge in [-0.15, -0.1) is 0 Å². The normalized spacial score (nSPS) is 18.8. The Morgan fingerprint density at radius 2 is 1.63 bits per heavy atom. The predicted molar refractivity (Wildman–Crippen MR) is 108 cm³/mol. The van der Waals surface area contributed by atoms with Crippen molar-refractivity contribution in [2.45, 2.75) is 57.4 Å². The van der Waals surface area contributed by atoms with Gasteiger partial charge in [0.25, 0.3) is 0 Å². The summed E-state index contributed by atoms with van der Waals surface area (Å²) in [5.41, 5.74) is 1.16. The van der Waals surface area contributed by atoms with Crippen LogP contribution in [0, 0.1) is 0 Å². The minimum atomic E-state index is -3.48. The Balaban J connectivity index is 1.93. The topological polar surface area (TPSA) is 69.7 Å². The van der Waals surface area contributed by atoms with Crippen LogP contribution in [0.5, 0.6) is 0 Å². The highest BCUT2D eigenvalue weighted by atomic mass is 32.2. The van der Waals surface area contributed by atoms with E-state index in [0.717, 1.165) is 18.4 Å². The fourth-order valence-electron chi connectivity index (χ4n) is 3.11. The van der Waals surface area contributed by atoms with Crippen molar-refractivity contribution in [3.05, 3.63) is 29.8 Å². The van der Waals surface area contributed by atoms with E-state index in [4.69, 9.17) is 0 Å². The van der Waals surface area contributed by atoms with E-state index in [1.807, 2.05) is 30.9 Å². The van der Waals surface area contributed by atoms with Gasteiger partial charge in [-0.1, -0.05) is 32.9 Å². The Morgan fingerprint density at radius 1 is 1.04 bits per heavy atom. The number of amides is 1. The Morgan fingerprint density at radius 3 is 2.15 bits per heavy atom. The zero-order chi connectivity index (χ0) is 20.0. The monoisotopic (exact) mass is 395 g/mol. The zero-order valence-electron chi connectivity index (χ0n) is 16.9. The molecule has 1 fully saturated rings. The van der Waals surface area contributed by atoms with Crippen molar-refractivity contribution in [3.63, 3.8) is 0 Å². The third kappa shape index (κ3) is 5.77. The first kappa shape index (κ1) is 21.9. The number of piperazine rings is 1. The second kappa shape index (κ2) is 9.66. The number of carbonyl (C=O) groups excluding carboxylic acids is 1. The average molecular weight is 396 g/mol. The van der Waals surface area contributed by atoms with E-state index in [1.54, 1.807) is 12.1 Å². The third-order valence-electron chi connectivity index (χ3n) is 5.42. The number of nitrogens with one attached hydrogen (secondary N) is 1. The molecule has 1 saturated heterocycles. The molecule has 0 spiro atoms. The molecule has 2 rings (SSSR count). The summed E-state index contributed by atoms with van der Waals surface area (Å²) in [6.07, 6.45) is 1.92. The maximum atomic E-state index is 12.9. The predicted octanol–water partition coefficient (Wildman–Crippen LogP) is 2.42. The molecule has 0 aromatic heterocycles. The quantitative estimate of drug-likeness (QED) is 0.734. The lowest BCUT2D eigenvalue weighted by molar-refractivity contribution is -0.123. The molecule has 0 radical (unpaired) electrons. The lowest BCUT2D eigenvalue weighted by Gasteiger charge is -2.33. The van der Waals surface area contributed by atoms with Crippen LogP contribution in [0.25, 0.3) is 0 Å². The van der Waals surface area contributed by atoms with E-state index in [2.05, 4.69) is 19.2 Å². The van der Waals surface area contributed by atoms with Crippen LogP contribution in [0.15, 0.2) is 29.2 Å². The Kier molecular flexibility index (Phi) is 7.82. The van der Waals surface area contributed by atoms with Crippen molar-refractivity contribution < 1.29 is 13.2 Å². The smallest absolute Gasteiger partial charge is 0.243 e. The first-order valence-corrected chi connectivity index (χ1v) is 11.3. The molecule has 7 heteroatoms. The molecule has 0 unspecified atom stereocenters. The second-order valence-electron chi connectivity index (χ2n) is 7.44. The van der Waals surface area contributed by atoms with Gasteiger partial charge in [-0.05, 0) is 43.4 Å². The van der Waals surface area contributed by atoms with Gasteiger partial charge in [0.05, 0.1) is 11.4 Å². The van der Waals surface area contributed by atoms with Gasteiger partial charge in [-0.2, -0.15) is 4.31 Å². The molecule has 1 amide bonds. The molecule has 0 aliphatic carbocycles. The van der Waals surface area contributed by atoms with E-state index in [1.165, 1.54) is 4.31 Å². The first-order valence-electron chi connectivity index (χ1n) is 9.89. The molecule has 6 nitrogen and oxygen atoms in total. The summed E-state index contributed by atoms with van der Waals surface area (Å²) in [5, 5.41) is 2.95. The number of benzene rings is 1. The average Bonchev–Trinajstić information content (AvgIpc) is 2.67. The van der Waals surface area contributed by atoms with Crippen molar-refractivity contribution in [1.29, 1.82) is 0 Å². The number of hydrogen-bond donors (Lipinski definition) is 1. The maximum Gasteiger partial charge on any atom is 0.243 e. The van der Waals surface area contributed by atoms with Gasteiger partial charge in [-0.3, -0.25) is 9.69 Å². The molecule has 152 valence electrons. The zero-order valence-corrected chi connectivity index (χ0v) is 17.8. The first-order chi connectivity index (χ1) is 12.8. The summed E-state index contributed by atoms with van der Waals surface area (Å²) in [5.74, 6) is 0.424. The summed E-state index contributed by atoms with van der Waals surface area (Å²) in [6, 6.07) is 7.41. The summed E-state index contributed by atoms with van der Waals surface area (Å²) in [4.78, 5) is 14.4. The molecule has 1 N–H and O–H groups in total. The molecule has 27 heavy (non-hydrogen) atoms. The lowest BCUT2D eigenvalue weighted by Crippen LogP contribution is -2.51. The SMILES string of the molecule is CC[C@@H](C)NC(=O)CN1CCN(S(=O)(=O)c2ccc([C@H](C)CC)cc2)CC1. The number of hydrogen-bond acceptors (Lipinski definition) is 4. The molecule has 1 aliphatic rings. The van der Waals surface area contributed by atoms with Gasteiger partial charge in [-0.25, -0.2) is 8.42 Å². The molecule has 1 aromatic rings. The van der Waals surface area contributed by atoms with Crippen molar-refractivity contribution in [2.75, 3.05) is 32.7 Å². The Labute approximate surface area is 164 Å². The van der Waals surface area contributed by atoms with Crippen molar-refractivity contribution in [3.8, 4) is 0 Å². The highest BCUT2D eigenvalue weighted by Gasteiger charge is 2.29. The molecule has 1 heterocycles. The van der Waals surface area contributed by atoms with Gasteiger partial charge in [0, 0.05) is 32.2 Å². The van der Waals surface area contributed by atoms with Crippen molar-refractivity contribution >= 4 is 15.9 Å². The van der Waals surface area contributed by atoms with E-state index in [9.17, 15) is 13.2 Å². The van der Waals surface area contributed by atoms with E-state index in [0.29, 0.717) is 43.5 Å². The van der Waals surface area contributed by atoms with E-state index < -0.39 is 10.0 Å². The fourth-order valence-corrected chi connectivity index (χ4v) is 4.53. The number of nitrogens with zero attached hydrogens (tertiary/aromatic N) is 2. The van der Waals surface area contributed by atoms with Crippen LogP contribution in [-0.4, -0.2) is 62.3 Å². The van der Waals surface area contributed by atoms with Crippen LogP contribution in [0.2, 0.25) is 0 Å². The Hall–Kier alpha value is -1.44. The van der Waals surface area contributed by atoms with Gasteiger partial charge < -0.3 is 5.32 Å². The van der Waals surface area contributed by atoms with Crippen molar-refractivity contribution in [1.82, 2.24) is 14.5 Å². The minimum absolute atomic E-state index is 0.00119. The maximum absolute atomic E-state index is 12.9. The minimum Gasteiger partial charge on any atom is -0.353 e. The molecule has 0 saturated carbocycles. The van der Waals surface area contributed by atoms with Crippen LogP contribution in [0.4, 0.5) is 0 Å². The van der Waals surface area contributed by atoms with Crippen LogP contribution in [-0.2, 0) is 14.8 Å². The highest BCUT2D eigenvalue weighted by Crippen LogP contribution is 2.23. The van der Waals surface area contributed by atoms with Gasteiger partial charge in [0.15, 0.2) is 0 Å². The summed E-state index contributed by atoms with van der Waals surface area (Å²) >= 11 is 0. The van der Waals surface area contributed by atoms with Crippen molar-refractivity contribution in [2.24, 2.45) is 0 Å². The lowest BCUT2D eigenvalue weighted by atomic mass is 9.99. The largest absolute Gasteiger partial charge is 0.353 e. The van der Waals surface area contributed by atoms with E-state index >= 15 is 0 Å². The molecule has 0 bridgehead atoms. The number of sulfonamides is 1. The standard InChI is InChI=1S/C20H33N3O3S/c1-5-16(3)18-7-9-19(10-8-18)27(25,26)23-13-11-22(12-14-23)15-20(24)21-17(4)6-2/h7-10,16-17H,5-6,11-15H2,1-4H3,(H,21,24)/t16-,17-/m1/s1. The Bertz CT molecular complexity index is 710. The van der Waals surface area contributed by atoms with Gasteiger partial charge >= 0.3 is 0 Å². The van der Waals surface area contributed by atoms with Gasteiger partial charge in [0.1, 0.15) is 0 Å². The summed E-state index contributed by atoms with van der Waals surface area (Å²) < 4.78 is 27.3. The molecule has 1 aromatic carbocycles. The van der Waals surface area contributed by atoms with Crippen LogP contribution < -0.4 is 5.32 Å². The summed E-state index contributed by atoms with van der Waals surface area (Å²) in [7, 11) is -3.48. The number of carbonyl (C=O) groups is 1. The third-order valence-corrected chi connectivity index (χ3v) is 7.33. The molecular weight excluding hydrogens is 362 g/mol. The van der Waals surface area contributed by atoms with E-state index in [-0.39, 0.29) is 11.9 Å². The van der Waals surface area contributed by atoms with Crippen LogP contribution >= 0.6 is 0 Å². The van der Waals surface area contributed by atoms with Crippen LogP contribution in [0.3, 0.4) is 0 Å². The summed E-state index contributed by atoms with van der Waals surface area (Å²) in [6.45, 7) is 10.5. The highest BCUT2D eigenvalue weighted by molar-refractivity contribution is 7.89. The van der Waals surface area contributed by atoms with Gasteiger partial charge in [0.2, 0.25) is 15.9 Å². The molecule has 1 aliphatic heterocycles. The molecule has 2 atom stereocenters.